The summed E-state index contributed by atoms with van der Waals surface area (Å²) >= 11 is 0. The Kier molecular flexibility index (Phi) is 8.02. The Morgan fingerprint density at radius 3 is 2.30 bits per heavy atom. The number of aliphatic imine (C=N–C) groups is 3. The molecule has 3 aliphatic rings. The molecule has 2 unspecified atom stereocenters. The zero-order valence-corrected chi connectivity index (χ0v) is 22.4. The Morgan fingerprint density at radius 2 is 1.72 bits per heavy atom. The topological polar surface area (TPSA) is 145 Å². The summed E-state index contributed by atoms with van der Waals surface area (Å²) in [4.78, 5) is 14.2. The molecule has 2 aromatic rings. The van der Waals surface area contributed by atoms with E-state index in [2.05, 4.69) is 15.0 Å². The van der Waals surface area contributed by atoms with Crippen LogP contribution in [0.15, 0.2) is 57.4 Å². The van der Waals surface area contributed by atoms with Crippen LogP contribution >= 0.6 is 0 Å². The van der Waals surface area contributed by atoms with Crippen molar-refractivity contribution in [3.05, 3.63) is 64.7 Å². The van der Waals surface area contributed by atoms with Gasteiger partial charge in [-0.05, 0) is 29.8 Å². The monoisotopic (exact) mass is 615 g/mol. The lowest BCUT2D eigenvalue weighted by molar-refractivity contribution is -0.143. The summed E-state index contributed by atoms with van der Waals surface area (Å²) in [5.74, 6) is -0.949. The van der Waals surface area contributed by atoms with Crippen LogP contribution in [0.5, 0.6) is 5.75 Å². The average molecular weight is 616 g/mol. The first-order chi connectivity index (χ1) is 20.2. The molecule has 3 aliphatic heterocycles. The van der Waals surface area contributed by atoms with E-state index in [0.717, 1.165) is 6.34 Å². The van der Waals surface area contributed by atoms with Crippen LogP contribution in [0.3, 0.4) is 0 Å². The number of aliphatic hydroxyl groups is 3. The van der Waals surface area contributed by atoms with Gasteiger partial charge in [0, 0.05) is 17.9 Å². The van der Waals surface area contributed by atoms with E-state index in [9.17, 15) is 41.7 Å². The summed E-state index contributed by atoms with van der Waals surface area (Å²) in [5.41, 5.74) is 1.87. The van der Waals surface area contributed by atoms with E-state index in [1.165, 1.54) is 24.1 Å². The molecule has 16 heteroatoms. The molecule has 0 radical (unpaired) electrons. The van der Waals surface area contributed by atoms with E-state index in [0.29, 0.717) is 12.1 Å². The van der Waals surface area contributed by atoms with Gasteiger partial charge in [-0.2, -0.15) is 26.3 Å². The summed E-state index contributed by atoms with van der Waals surface area (Å²) < 4.78 is 93.9. The van der Waals surface area contributed by atoms with E-state index < -0.39 is 66.2 Å². The summed E-state index contributed by atoms with van der Waals surface area (Å²) in [7, 11) is 1.31. The molecule has 2 aromatic carbocycles. The van der Waals surface area contributed by atoms with Crippen LogP contribution in [0.1, 0.15) is 34.6 Å². The first kappa shape index (κ1) is 30.9. The van der Waals surface area contributed by atoms with Crippen molar-refractivity contribution in [3.8, 4) is 5.75 Å². The summed E-state index contributed by atoms with van der Waals surface area (Å²) in [6, 6.07) is 7.48. The number of para-hydroxylation sites is 1. The number of aliphatic hydroxyl groups excluding tert-OH is 3. The van der Waals surface area contributed by atoms with E-state index in [1.807, 2.05) is 0 Å². The number of rotatable bonds is 7. The number of fused-ring (bicyclic) bond motifs is 1. The molecule has 0 spiro atoms. The van der Waals surface area contributed by atoms with Gasteiger partial charge < -0.3 is 35.4 Å². The van der Waals surface area contributed by atoms with Crippen LogP contribution in [0.25, 0.3) is 0 Å². The highest BCUT2D eigenvalue weighted by molar-refractivity contribution is 6.47. The molecule has 1 fully saturated rings. The molecular formula is C27H27F6N5O5. The molecule has 10 nitrogen and oxygen atoms in total. The van der Waals surface area contributed by atoms with Crippen LogP contribution < -0.4 is 10.5 Å². The Morgan fingerprint density at radius 1 is 1.07 bits per heavy atom. The third kappa shape index (κ3) is 5.72. The lowest BCUT2D eigenvalue weighted by Gasteiger charge is -2.35. The summed E-state index contributed by atoms with van der Waals surface area (Å²) in [6.07, 6.45) is -14.6. The predicted octanol–water partition coefficient (Wildman–Crippen LogP) is 2.50. The van der Waals surface area contributed by atoms with Crippen LogP contribution in [0, 0.1) is 0 Å². The first-order valence-electron chi connectivity index (χ1n) is 12.9. The second-order valence-corrected chi connectivity index (χ2v) is 10.3. The summed E-state index contributed by atoms with van der Waals surface area (Å²) in [6.45, 7) is -0.757. The molecule has 1 saturated heterocycles. The smallest absolute Gasteiger partial charge is 0.416 e. The van der Waals surface area contributed by atoms with Crippen molar-refractivity contribution in [2.24, 2.45) is 20.7 Å². The number of hydrogen-bond acceptors (Lipinski definition) is 10. The molecule has 5 N–H and O–H groups in total. The fourth-order valence-electron chi connectivity index (χ4n) is 5.48. The molecule has 6 atom stereocenters. The third-order valence-corrected chi connectivity index (χ3v) is 7.61. The lowest BCUT2D eigenvalue weighted by Crippen LogP contribution is -2.56. The number of alkyl halides is 6. The zero-order chi connectivity index (χ0) is 31.3. The minimum Gasteiger partial charge on any atom is -0.496 e. The van der Waals surface area contributed by atoms with E-state index in [1.54, 1.807) is 12.1 Å². The Balaban J connectivity index is 1.57. The largest absolute Gasteiger partial charge is 0.496 e. The van der Waals surface area contributed by atoms with Gasteiger partial charge in [0.2, 0.25) is 0 Å². The summed E-state index contributed by atoms with van der Waals surface area (Å²) in [5, 5.41) is 30.2. The van der Waals surface area contributed by atoms with Gasteiger partial charge in [-0.15, -0.1) is 0 Å². The van der Waals surface area contributed by atoms with Gasteiger partial charge in [0.15, 0.2) is 17.7 Å². The zero-order valence-electron chi connectivity index (χ0n) is 22.4. The lowest BCUT2D eigenvalue weighted by atomic mass is 9.80. The van der Waals surface area contributed by atoms with E-state index >= 15 is 0 Å². The predicted molar refractivity (Wildman–Crippen MR) is 141 cm³/mol. The number of methoxy groups -OCH3 is 1. The van der Waals surface area contributed by atoms with Gasteiger partial charge in [0.25, 0.3) is 0 Å². The Labute approximate surface area is 240 Å². The van der Waals surface area contributed by atoms with E-state index in [-0.39, 0.29) is 47.6 Å². The fourth-order valence-corrected chi connectivity index (χ4v) is 5.48. The molecule has 3 heterocycles. The number of amidine groups is 1. The van der Waals surface area contributed by atoms with Gasteiger partial charge in [-0.1, -0.05) is 18.2 Å². The second kappa shape index (κ2) is 11.2. The molecule has 232 valence electrons. The number of nitrogens with two attached hydrogens (primary N) is 1. The number of nitrogens with zero attached hydrogens (tertiary/aromatic N) is 4. The van der Waals surface area contributed by atoms with Crippen molar-refractivity contribution in [2.45, 2.75) is 54.9 Å². The Hall–Kier alpha value is -3.57. The maximum atomic E-state index is 13.8. The molecule has 0 aliphatic carbocycles. The highest BCUT2D eigenvalue weighted by Gasteiger charge is 2.51. The average Bonchev–Trinajstić information content (AvgIpc) is 3.52. The number of hydrogen-bond donors (Lipinski definition) is 4. The molecule has 0 bridgehead atoms. The molecular weight excluding hydrogens is 588 g/mol. The van der Waals surface area contributed by atoms with Crippen molar-refractivity contribution < 1.29 is 51.1 Å². The number of ether oxygens (including phenoxy) is 2. The van der Waals surface area contributed by atoms with Crippen molar-refractivity contribution in [3.63, 3.8) is 0 Å². The van der Waals surface area contributed by atoms with Crippen LogP contribution in [0.4, 0.5) is 26.3 Å². The highest BCUT2D eigenvalue weighted by atomic mass is 19.4. The number of benzene rings is 2. The van der Waals surface area contributed by atoms with E-state index in [4.69, 9.17) is 15.2 Å². The first-order valence-corrected chi connectivity index (χ1v) is 12.9. The third-order valence-electron chi connectivity index (χ3n) is 7.61. The van der Waals surface area contributed by atoms with Gasteiger partial charge in [-0.3, -0.25) is 4.99 Å². The van der Waals surface area contributed by atoms with Crippen molar-refractivity contribution in [2.75, 3.05) is 20.4 Å². The quantitative estimate of drug-likeness (QED) is 0.351. The van der Waals surface area contributed by atoms with Gasteiger partial charge in [0.1, 0.15) is 42.8 Å². The van der Waals surface area contributed by atoms with Crippen LogP contribution in [-0.2, 0) is 17.1 Å². The maximum Gasteiger partial charge on any atom is 0.416 e. The minimum absolute atomic E-state index is 0.0376. The number of halogens is 6. The molecule has 43 heavy (non-hydrogen) atoms. The highest BCUT2D eigenvalue weighted by Crippen LogP contribution is 2.44. The standard InChI is InChI=1S/C27H27F6N5O5/c1-42-18-5-3-2-4-16(18)17(13-6-14(26(28,29)30)8-15(7-13)27(31,32)33)9-25(34)22-23(35-11-37-25)38(12-36-22)24-21(41)20(40)19(10-39)43-24/h2-8,11,17,19-21,24,39-41H,9-10,12,34H2,1H3/t17?,19-,20-,21-,24-,25?/m1/s1. The van der Waals surface area contributed by atoms with Crippen LogP contribution in [0.2, 0.25) is 0 Å². The minimum atomic E-state index is -5.08. The van der Waals surface area contributed by atoms with Crippen molar-refractivity contribution >= 4 is 17.9 Å². The maximum absolute atomic E-state index is 13.8. The molecule has 0 amide bonds. The fraction of sp³-hybridized carbons (Fsp3) is 0.444. The molecule has 0 aromatic heterocycles. The van der Waals surface area contributed by atoms with Crippen molar-refractivity contribution in [1.82, 2.24) is 4.90 Å². The SMILES string of the molecule is COc1ccccc1C(CC1(N)N=CN=C2C1=NCN2[C@@H]1O[C@H](CO)[C@@H](O)[C@H]1O)c1cc(C(F)(F)F)cc(C(F)(F)F)c1. The van der Waals surface area contributed by atoms with Crippen LogP contribution in [-0.4, -0.2) is 88.7 Å². The molecule has 5 rings (SSSR count). The van der Waals surface area contributed by atoms with Crippen molar-refractivity contribution in [1.29, 1.82) is 0 Å². The molecule has 0 saturated carbocycles. The normalized spacial score (nSPS) is 28.0. The van der Waals surface area contributed by atoms with Gasteiger partial charge in [0.05, 0.1) is 24.8 Å². The van der Waals surface area contributed by atoms with Gasteiger partial charge in [-0.25, -0.2) is 9.98 Å². The Bertz CT molecular complexity index is 1430. The second-order valence-electron chi connectivity index (χ2n) is 10.3. The van der Waals surface area contributed by atoms with Gasteiger partial charge >= 0.3 is 12.4 Å².